The second-order valence-electron chi connectivity index (χ2n) is 3.50. The Morgan fingerprint density at radius 1 is 1.53 bits per heavy atom. The summed E-state index contributed by atoms with van der Waals surface area (Å²) < 4.78 is 1.50. The Bertz CT molecular complexity index is 556. The molecule has 0 aliphatic carbocycles. The van der Waals surface area contributed by atoms with Crippen LogP contribution in [0.25, 0.3) is 11.0 Å². The van der Waals surface area contributed by atoms with Crippen LogP contribution < -0.4 is 11.4 Å². The van der Waals surface area contributed by atoms with Crippen LogP contribution in [0.5, 0.6) is 0 Å². The second kappa shape index (κ2) is 3.72. The van der Waals surface area contributed by atoms with Crippen LogP contribution in [0.4, 0.5) is 0 Å². The first-order chi connectivity index (χ1) is 7.13. The van der Waals surface area contributed by atoms with Gasteiger partial charge in [0.1, 0.15) is 0 Å². The Balaban J connectivity index is 2.73. The van der Waals surface area contributed by atoms with E-state index in [0.717, 1.165) is 23.0 Å². The van der Waals surface area contributed by atoms with Crippen LogP contribution in [0, 0.1) is 0 Å². The number of aryl methyl sites for hydroxylation is 1. The van der Waals surface area contributed by atoms with Crippen LogP contribution >= 0.6 is 11.6 Å². The van der Waals surface area contributed by atoms with Crippen LogP contribution in [0.15, 0.2) is 16.9 Å². The van der Waals surface area contributed by atoms with Gasteiger partial charge in [-0.2, -0.15) is 0 Å². The fourth-order valence-electron chi connectivity index (χ4n) is 1.70. The predicted molar refractivity (Wildman–Crippen MR) is 61.3 cm³/mol. The highest BCUT2D eigenvalue weighted by atomic mass is 35.5. The normalized spacial score (nSPS) is 11.1. The third-order valence-electron chi connectivity index (χ3n) is 2.44. The summed E-state index contributed by atoms with van der Waals surface area (Å²) in [5.41, 5.74) is 7.85. The molecule has 80 valence electrons. The van der Waals surface area contributed by atoms with Crippen molar-refractivity contribution >= 4 is 22.6 Å². The third-order valence-corrected chi connectivity index (χ3v) is 2.73. The van der Waals surface area contributed by atoms with E-state index in [1.54, 1.807) is 7.05 Å². The van der Waals surface area contributed by atoms with Gasteiger partial charge < -0.3 is 10.7 Å². The zero-order valence-corrected chi connectivity index (χ0v) is 9.14. The summed E-state index contributed by atoms with van der Waals surface area (Å²) >= 11 is 6.10. The van der Waals surface area contributed by atoms with E-state index in [1.807, 2.05) is 12.1 Å². The molecule has 0 atom stereocenters. The molecule has 15 heavy (non-hydrogen) atoms. The maximum absolute atomic E-state index is 11.4. The Kier molecular flexibility index (Phi) is 2.54. The summed E-state index contributed by atoms with van der Waals surface area (Å²) in [7, 11) is 1.69. The quantitative estimate of drug-likeness (QED) is 0.802. The van der Waals surface area contributed by atoms with Crippen molar-refractivity contribution in [2.75, 3.05) is 6.54 Å². The Morgan fingerprint density at radius 2 is 2.27 bits per heavy atom. The van der Waals surface area contributed by atoms with Gasteiger partial charge in [-0.1, -0.05) is 11.6 Å². The number of fused-ring (bicyclic) bond motifs is 1. The van der Waals surface area contributed by atoms with Crippen LogP contribution in [0.1, 0.15) is 5.56 Å². The van der Waals surface area contributed by atoms with Crippen LogP contribution in [0.3, 0.4) is 0 Å². The average molecular weight is 226 g/mol. The van der Waals surface area contributed by atoms with Gasteiger partial charge in [-0.15, -0.1) is 0 Å². The molecule has 0 unspecified atom stereocenters. The zero-order chi connectivity index (χ0) is 11.0. The van der Waals surface area contributed by atoms with Gasteiger partial charge in [0.25, 0.3) is 0 Å². The second-order valence-corrected chi connectivity index (χ2v) is 3.91. The summed E-state index contributed by atoms with van der Waals surface area (Å²) in [5.74, 6) is 0. The van der Waals surface area contributed by atoms with E-state index in [-0.39, 0.29) is 5.69 Å². The number of imidazole rings is 1. The molecule has 5 heteroatoms. The first kappa shape index (κ1) is 10.3. The number of hydrogen-bond donors (Lipinski definition) is 2. The highest BCUT2D eigenvalue weighted by molar-refractivity contribution is 6.35. The van der Waals surface area contributed by atoms with Crippen molar-refractivity contribution in [1.82, 2.24) is 9.55 Å². The number of nitrogens with one attached hydrogen (secondary N) is 1. The number of nitrogens with two attached hydrogens (primary N) is 1. The van der Waals surface area contributed by atoms with Gasteiger partial charge in [-0.05, 0) is 30.7 Å². The summed E-state index contributed by atoms with van der Waals surface area (Å²) in [6, 6.07) is 3.76. The number of nitrogens with zero attached hydrogens (tertiary/aromatic N) is 1. The lowest BCUT2D eigenvalue weighted by Crippen LogP contribution is -2.11. The van der Waals surface area contributed by atoms with Crippen molar-refractivity contribution in [2.45, 2.75) is 6.42 Å². The Labute approximate surface area is 91.7 Å². The summed E-state index contributed by atoms with van der Waals surface area (Å²) in [4.78, 5) is 14.1. The largest absolute Gasteiger partial charge is 0.330 e. The van der Waals surface area contributed by atoms with Crippen molar-refractivity contribution in [3.05, 3.63) is 33.2 Å². The fourth-order valence-corrected chi connectivity index (χ4v) is 2.07. The molecule has 1 heterocycles. The van der Waals surface area contributed by atoms with E-state index in [0.29, 0.717) is 11.6 Å². The minimum atomic E-state index is -0.156. The maximum atomic E-state index is 11.4. The molecule has 2 aromatic rings. The third kappa shape index (κ3) is 1.66. The predicted octanol–water partition coefficient (Wildman–Crippen LogP) is 1.02. The van der Waals surface area contributed by atoms with Gasteiger partial charge in [-0.25, -0.2) is 4.79 Å². The lowest BCUT2D eigenvalue weighted by Gasteiger charge is -2.02. The standard InChI is InChI=1S/C10H12ClN3O/c1-14-9-7(11)4-6(2-3-12)5-8(9)13-10(14)15/h4-5H,2-3,12H2,1H3,(H,13,15). The van der Waals surface area contributed by atoms with E-state index in [9.17, 15) is 4.79 Å². The molecular weight excluding hydrogens is 214 g/mol. The highest BCUT2D eigenvalue weighted by Crippen LogP contribution is 2.22. The SMILES string of the molecule is Cn1c(=O)[nH]c2cc(CCN)cc(Cl)c21. The molecule has 0 aliphatic rings. The number of aromatic amines is 1. The minimum Gasteiger partial charge on any atom is -0.330 e. The van der Waals surface area contributed by atoms with E-state index in [4.69, 9.17) is 17.3 Å². The Morgan fingerprint density at radius 3 is 2.93 bits per heavy atom. The first-order valence-corrected chi connectivity index (χ1v) is 5.08. The van der Waals surface area contributed by atoms with E-state index in [1.165, 1.54) is 4.57 Å². The number of rotatable bonds is 2. The molecule has 4 nitrogen and oxygen atoms in total. The molecule has 0 saturated heterocycles. The van der Waals surface area contributed by atoms with Crippen molar-refractivity contribution < 1.29 is 0 Å². The lowest BCUT2D eigenvalue weighted by atomic mass is 10.1. The van der Waals surface area contributed by atoms with E-state index in [2.05, 4.69) is 4.98 Å². The van der Waals surface area contributed by atoms with Gasteiger partial charge in [0.2, 0.25) is 0 Å². The van der Waals surface area contributed by atoms with Crippen molar-refractivity contribution in [3.63, 3.8) is 0 Å². The summed E-state index contributed by atoms with van der Waals surface area (Å²) in [6.07, 6.45) is 0.757. The van der Waals surface area contributed by atoms with E-state index >= 15 is 0 Å². The molecule has 0 amide bonds. The van der Waals surface area contributed by atoms with Gasteiger partial charge in [0.15, 0.2) is 0 Å². The molecule has 0 saturated carbocycles. The van der Waals surface area contributed by atoms with Crippen molar-refractivity contribution in [2.24, 2.45) is 12.8 Å². The minimum absolute atomic E-state index is 0.156. The molecule has 1 aromatic carbocycles. The highest BCUT2D eigenvalue weighted by Gasteiger charge is 2.08. The van der Waals surface area contributed by atoms with Crippen molar-refractivity contribution in [3.8, 4) is 0 Å². The summed E-state index contributed by atoms with van der Waals surface area (Å²) in [6.45, 7) is 0.568. The topological polar surface area (TPSA) is 63.8 Å². The number of H-pyrrole nitrogens is 1. The number of halogens is 1. The monoisotopic (exact) mass is 225 g/mol. The number of hydrogen-bond acceptors (Lipinski definition) is 2. The van der Waals surface area contributed by atoms with Crippen LogP contribution in [-0.4, -0.2) is 16.1 Å². The molecule has 0 fully saturated rings. The van der Waals surface area contributed by atoms with Gasteiger partial charge in [0.05, 0.1) is 16.1 Å². The molecule has 0 bridgehead atoms. The van der Waals surface area contributed by atoms with Crippen LogP contribution in [0.2, 0.25) is 5.02 Å². The molecule has 0 radical (unpaired) electrons. The fraction of sp³-hybridized carbons (Fsp3) is 0.300. The Hall–Kier alpha value is -1.26. The average Bonchev–Trinajstić information content (AvgIpc) is 2.43. The van der Waals surface area contributed by atoms with Gasteiger partial charge in [-0.3, -0.25) is 4.57 Å². The molecule has 1 aromatic heterocycles. The maximum Gasteiger partial charge on any atom is 0.326 e. The van der Waals surface area contributed by atoms with Gasteiger partial charge in [0, 0.05) is 7.05 Å². The summed E-state index contributed by atoms with van der Waals surface area (Å²) in [5, 5.41) is 0.580. The number of benzene rings is 1. The molecule has 2 rings (SSSR count). The molecule has 3 N–H and O–H groups in total. The smallest absolute Gasteiger partial charge is 0.326 e. The van der Waals surface area contributed by atoms with E-state index < -0.39 is 0 Å². The molecule has 0 aliphatic heterocycles. The number of aromatic nitrogens is 2. The van der Waals surface area contributed by atoms with Gasteiger partial charge >= 0.3 is 5.69 Å². The molecule has 0 spiro atoms. The molecular formula is C10H12ClN3O. The zero-order valence-electron chi connectivity index (χ0n) is 8.38. The van der Waals surface area contributed by atoms with Crippen molar-refractivity contribution in [1.29, 1.82) is 0 Å². The van der Waals surface area contributed by atoms with Crippen LogP contribution in [-0.2, 0) is 13.5 Å². The first-order valence-electron chi connectivity index (χ1n) is 4.70. The lowest BCUT2D eigenvalue weighted by molar-refractivity contribution is 0.891.